The van der Waals surface area contributed by atoms with Crippen molar-refractivity contribution in [3.05, 3.63) is 35.4 Å². The quantitative estimate of drug-likeness (QED) is 0.764. The Labute approximate surface area is 107 Å². The number of ether oxygens (including phenoxy) is 1. The highest BCUT2D eigenvalue weighted by Gasteiger charge is 2.19. The Morgan fingerprint density at radius 2 is 2.22 bits per heavy atom. The van der Waals surface area contributed by atoms with Gasteiger partial charge in [-0.25, -0.2) is 0 Å². The summed E-state index contributed by atoms with van der Waals surface area (Å²) in [4.78, 5) is 13.5. The van der Waals surface area contributed by atoms with Crippen LogP contribution in [0.2, 0.25) is 0 Å². The third kappa shape index (κ3) is 3.10. The Bertz CT molecular complexity index is 488. The van der Waals surface area contributed by atoms with Crippen molar-refractivity contribution in [1.29, 1.82) is 0 Å². The molecule has 0 bridgehead atoms. The molecule has 94 valence electrons. The molecule has 4 nitrogen and oxygen atoms in total. The Kier molecular flexibility index (Phi) is 4.35. The van der Waals surface area contributed by atoms with E-state index >= 15 is 0 Å². The first-order valence-corrected chi connectivity index (χ1v) is 5.93. The second kappa shape index (κ2) is 6.20. The standard InChI is InChI=1S/C14H16N2O2/c15-7-3-6-12-4-1-2-5-13(12)10-16-8-9-18-11-14(16)17/h1-2,4-5H,7-11,15H2. The summed E-state index contributed by atoms with van der Waals surface area (Å²) in [7, 11) is 0. The number of rotatable bonds is 2. The molecule has 0 spiro atoms. The number of carbonyl (C=O) groups excluding carboxylic acids is 1. The second-order valence-electron chi connectivity index (χ2n) is 4.03. The van der Waals surface area contributed by atoms with Crippen molar-refractivity contribution in [3.8, 4) is 11.8 Å². The number of benzene rings is 1. The molecule has 2 rings (SSSR count). The molecule has 1 heterocycles. The van der Waals surface area contributed by atoms with Crippen molar-refractivity contribution < 1.29 is 9.53 Å². The van der Waals surface area contributed by atoms with Crippen LogP contribution in [0, 0.1) is 11.8 Å². The summed E-state index contributed by atoms with van der Waals surface area (Å²) in [6.07, 6.45) is 0. The maximum atomic E-state index is 11.7. The molecule has 1 amide bonds. The lowest BCUT2D eigenvalue weighted by atomic mass is 10.1. The molecule has 1 aromatic rings. The summed E-state index contributed by atoms with van der Waals surface area (Å²) in [6.45, 7) is 2.33. The van der Waals surface area contributed by atoms with Crippen LogP contribution in [0.5, 0.6) is 0 Å². The van der Waals surface area contributed by atoms with Crippen molar-refractivity contribution >= 4 is 5.91 Å². The van der Waals surface area contributed by atoms with Crippen LogP contribution in [0.25, 0.3) is 0 Å². The third-order valence-corrected chi connectivity index (χ3v) is 2.79. The molecule has 2 N–H and O–H groups in total. The number of hydrogen-bond donors (Lipinski definition) is 1. The number of nitrogens with two attached hydrogens (primary N) is 1. The summed E-state index contributed by atoms with van der Waals surface area (Å²) >= 11 is 0. The van der Waals surface area contributed by atoms with Gasteiger partial charge in [-0.15, -0.1) is 0 Å². The van der Waals surface area contributed by atoms with Crippen molar-refractivity contribution in [2.24, 2.45) is 5.73 Å². The molecule has 1 aliphatic heterocycles. The zero-order valence-corrected chi connectivity index (χ0v) is 10.2. The van der Waals surface area contributed by atoms with Crippen LogP contribution in [-0.4, -0.2) is 37.1 Å². The van der Waals surface area contributed by atoms with E-state index in [4.69, 9.17) is 10.5 Å². The van der Waals surface area contributed by atoms with Gasteiger partial charge in [0.2, 0.25) is 5.91 Å². The first-order valence-electron chi connectivity index (χ1n) is 5.93. The van der Waals surface area contributed by atoms with E-state index in [1.807, 2.05) is 24.3 Å². The number of nitrogens with zero attached hydrogens (tertiary/aromatic N) is 1. The number of carbonyl (C=O) groups is 1. The van der Waals surface area contributed by atoms with Crippen molar-refractivity contribution in [2.45, 2.75) is 6.54 Å². The van der Waals surface area contributed by atoms with Crippen molar-refractivity contribution in [1.82, 2.24) is 4.90 Å². The van der Waals surface area contributed by atoms with E-state index < -0.39 is 0 Å². The maximum absolute atomic E-state index is 11.7. The second-order valence-corrected chi connectivity index (χ2v) is 4.03. The minimum absolute atomic E-state index is 0.0304. The van der Waals surface area contributed by atoms with Gasteiger partial charge in [-0.3, -0.25) is 4.79 Å². The topological polar surface area (TPSA) is 55.6 Å². The van der Waals surface area contributed by atoms with E-state index in [0.717, 1.165) is 11.1 Å². The zero-order chi connectivity index (χ0) is 12.8. The molecule has 1 fully saturated rings. The number of amides is 1. The van der Waals surface area contributed by atoms with E-state index in [1.54, 1.807) is 4.90 Å². The van der Waals surface area contributed by atoms with Gasteiger partial charge in [0.25, 0.3) is 0 Å². The van der Waals surface area contributed by atoms with E-state index in [0.29, 0.717) is 26.2 Å². The molecule has 0 saturated carbocycles. The fourth-order valence-corrected chi connectivity index (χ4v) is 1.85. The van der Waals surface area contributed by atoms with Crippen LogP contribution < -0.4 is 5.73 Å². The zero-order valence-electron chi connectivity index (χ0n) is 10.2. The minimum Gasteiger partial charge on any atom is -0.370 e. The summed E-state index contributed by atoms with van der Waals surface area (Å²) in [5.74, 6) is 5.91. The SMILES string of the molecule is NCC#Cc1ccccc1CN1CCOCC1=O. The van der Waals surface area contributed by atoms with Crippen LogP contribution in [-0.2, 0) is 16.1 Å². The Hall–Kier alpha value is -1.83. The number of hydrogen-bond acceptors (Lipinski definition) is 3. The van der Waals surface area contributed by atoms with Crippen LogP contribution in [0.1, 0.15) is 11.1 Å². The Balaban J connectivity index is 2.15. The molecule has 0 aliphatic carbocycles. The monoisotopic (exact) mass is 244 g/mol. The molecule has 0 atom stereocenters. The summed E-state index contributed by atoms with van der Waals surface area (Å²) < 4.78 is 5.11. The highest BCUT2D eigenvalue weighted by Crippen LogP contribution is 2.12. The summed E-state index contributed by atoms with van der Waals surface area (Å²) in [6, 6.07) is 7.82. The predicted molar refractivity (Wildman–Crippen MR) is 68.6 cm³/mol. The predicted octanol–water partition coefficient (Wildman–Crippen LogP) is 0.356. The molecule has 1 saturated heterocycles. The van der Waals surface area contributed by atoms with Gasteiger partial charge in [-0.2, -0.15) is 0 Å². The molecule has 1 aliphatic rings. The highest BCUT2D eigenvalue weighted by atomic mass is 16.5. The largest absolute Gasteiger partial charge is 0.370 e. The molecule has 0 unspecified atom stereocenters. The molecule has 18 heavy (non-hydrogen) atoms. The Morgan fingerprint density at radius 3 is 3.00 bits per heavy atom. The number of morpholine rings is 1. The fraction of sp³-hybridized carbons (Fsp3) is 0.357. The van der Waals surface area contributed by atoms with Crippen LogP contribution in [0.4, 0.5) is 0 Å². The molecule has 0 radical (unpaired) electrons. The minimum atomic E-state index is 0.0304. The van der Waals surface area contributed by atoms with Crippen LogP contribution in [0.3, 0.4) is 0 Å². The molecule has 0 aromatic heterocycles. The third-order valence-electron chi connectivity index (χ3n) is 2.79. The van der Waals surface area contributed by atoms with E-state index in [1.165, 1.54) is 0 Å². The first kappa shape index (κ1) is 12.6. The lowest BCUT2D eigenvalue weighted by Gasteiger charge is -2.27. The van der Waals surface area contributed by atoms with E-state index in [-0.39, 0.29) is 12.5 Å². The van der Waals surface area contributed by atoms with Gasteiger partial charge in [-0.05, 0) is 11.6 Å². The molecular weight excluding hydrogens is 228 g/mol. The van der Waals surface area contributed by atoms with Gasteiger partial charge < -0.3 is 15.4 Å². The maximum Gasteiger partial charge on any atom is 0.248 e. The van der Waals surface area contributed by atoms with Gasteiger partial charge in [0, 0.05) is 18.7 Å². The van der Waals surface area contributed by atoms with Gasteiger partial charge in [0.1, 0.15) is 6.61 Å². The summed E-state index contributed by atoms with van der Waals surface area (Å²) in [5.41, 5.74) is 7.36. The van der Waals surface area contributed by atoms with Crippen molar-refractivity contribution in [3.63, 3.8) is 0 Å². The van der Waals surface area contributed by atoms with Crippen molar-refractivity contribution in [2.75, 3.05) is 26.3 Å². The lowest BCUT2D eigenvalue weighted by molar-refractivity contribution is -0.143. The summed E-state index contributed by atoms with van der Waals surface area (Å²) in [5, 5.41) is 0. The first-order chi connectivity index (χ1) is 8.81. The van der Waals surface area contributed by atoms with E-state index in [9.17, 15) is 4.79 Å². The fourth-order valence-electron chi connectivity index (χ4n) is 1.85. The normalized spacial score (nSPS) is 15.2. The van der Waals surface area contributed by atoms with Crippen LogP contribution >= 0.6 is 0 Å². The van der Waals surface area contributed by atoms with Gasteiger partial charge in [0.15, 0.2) is 0 Å². The smallest absolute Gasteiger partial charge is 0.248 e. The highest BCUT2D eigenvalue weighted by molar-refractivity contribution is 5.78. The average molecular weight is 244 g/mol. The van der Waals surface area contributed by atoms with Gasteiger partial charge in [-0.1, -0.05) is 30.0 Å². The van der Waals surface area contributed by atoms with E-state index in [2.05, 4.69) is 11.8 Å². The lowest BCUT2D eigenvalue weighted by Crippen LogP contribution is -2.41. The Morgan fingerprint density at radius 1 is 1.39 bits per heavy atom. The van der Waals surface area contributed by atoms with Gasteiger partial charge in [0.05, 0.1) is 13.2 Å². The average Bonchev–Trinajstić information content (AvgIpc) is 2.40. The molecule has 1 aromatic carbocycles. The van der Waals surface area contributed by atoms with Crippen LogP contribution in [0.15, 0.2) is 24.3 Å². The molecular formula is C14H16N2O2. The van der Waals surface area contributed by atoms with Gasteiger partial charge >= 0.3 is 0 Å². The molecule has 4 heteroatoms.